The Morgan fingerprint density at radius 3 is 2.79 bits per heavy atom. The van der Waals surface area contributed by atoms with E-state index in [1.807, 2.05) is 19.1 Å². The predicted molar refractivity (Wildman–Crippen MR) is 137 cm³/mol. The van der Waals surface area contributed by atoms with E-state index in [1.54, 1.807) is 0 Å². The number of hydrogen-bond donors (Lipinski definition) is 1. The molecule has 12 heteroatoms. The van der Waals surface area contributed by atoms with Crippen molar-refractivity contribution < 1.29 is 28.2 Å². The minimum absolute atomic E-state index is 0.0619. The first-order chi connectivity index (χ1) is 18.3. The molecule has 0 bridgehead atoms. The zero-order chi connectivity index (χ0) is 26.6. The number of nitrogens with zero attached hydrogens (tertiary/aromatic N) is 5. The molecule has 0 saturated heterocycles. The molecule has 1 N–H and O–H groups in total. The maximum Gasteiger partial charge on any atom is 0.411 e. The summed E-state index contributed by atoms with van der Waals surface area (Å²) in [6.45, 7) is 1.80. The molecule has 3 aromatic heterocycles. The average Bonchev–Trinajstić information content (AvgIpc) is 3.50. The van der Waals surface area contributed by atoms with Crippen LogP contribution in [-0.2, 0) is 6.42 Å². The molecule has 9 nitrogen and oxygen atoms in total. The third-order valence-corrected chi connectivity index (χ3v) is 7.39. The summed E-state index contributed by atoms with van der Waals surface area (Å²) in [5, 5.41) is 10.4. The van der Waals surface area contributed by atoms with Gasteiger partial charge in [0.15, 0.2) is 11.6 Å². The van der Waals surface area contributed by atoms with Crippen molar-refractivity contribution in [3.8, 4) is 22.2 Å². The molecule has 6 rings (SSSR count). The largest absolute Gasteiger partial charge is 0.485 e. The van der Waals surface area contributed by atoms with Crippen LogP contribution in [0.25, 0.3) is 31.8 Å². The Kier molecular flexibility index (Phi) is 5.75. The Morgan fingerprint density at radius 2 is 2.03 bits per heavy atom. The quantitative estimate of drug-likeness (QED) is 0.319. The van der Waals surface area contributed by atoms with Gasteiger partial charge in [0.2, 0.25) is 5.88 Å². The number of carboxylic acid groups (broad SMARTS) is 1. The van der Waals surface area contributed by atoms with E-state index in [2.05, 4.69) is 15.0 Å². The third-order valence-electron chi connectivity index (χ3n) is 6.23. The van der Waals surface area contributed by atoms with Crippen molar-refractivity contribution in [2.24, 2.45) is 0 Å². The number of ether oxygens (including phenoxy) is 2. The van der Waals surface area contributed by atoms with E-state index in [0.717, 1.165) is 33.0 Å². The molecule has 1 atom stereocenters. The van der Waals surface area contributed by atoms with Crippen LogP contribution in [0.4, 0.5) is 19.3 Å². The van der Waals surface area contributed by atoms with Gasteiger partial charge in [0.05, 0.1) is 59.2 Å². The van der Waals surface area contributed by atoms with Gasteiger partial charge < -0.3 is 14.6 Å². The minimum Gasteiger partial charge on any atom is -0.485 e. The van der Waals surface area contributed by atoms with Crippen molar-refractivity contribution in [3.63, 3.8) is 0 Å². The van der Waals surface area contributed by atoms with Crippen molar-refractivity contribution >= 4 is 44.4 Å². The van der Waals surface area contributed by atoms with E-state index in [-0.39, 0.29) is 24.4 Å². The molecule has 2 aromatic carbocycles. The number of halogens is 2. The number of anilines is 1. The summed E-state index contributed by atoms with van der Waals surface area (Å²) in [4.78, 5) is 30.3. The number of carbonyl (C=O) groups is 1. The van der Waals surface area contributed by atoms with Gasteiger partial charge in [-0.25, -0.2) is 28.5 Å². The number of aromatic nitrogens is 4. The van der Waals surface area contributed by atoms with Gasteiger partial charge >= 0.3 is 6.09 Å². The van der Waals surface area contributed by atoms with Crippen molar-refractivity contribution in [2.45, 2.75) is 19.4 Å². The van der Waals surface area contributed by atoms with Gasteiger partial charge in [-0.3, -0.25) is 9.88 Å². The normalized spacial score (nSPS) is 14.5. The number of aryl methyl sites for hydroxylation is 1. The van der Waals surface area contributed by atoms with Crippen LogP contribution in [0.3, 0.4) is 0 Å². The van der Waals surface area contributed by atoms with Crippen molar-refractivity contribution in [2.75, 3.05) is 18.6 Å². The maximum absolute atomic E-state index is 15.1. The minimum atomic E-state index is -1.30. The second kappa shape index (κ2) is 9.14. The highest BCUT2D eigenvalue weighted by Crippen LogP contribution is 2.43. The summed E-state index contributed by atoms with van der Waals surface area (Å²) in [6.07, 6.45) is 2.03. The smallest absolute Gasteiger partial charge is 0.411 e. The molecule has 4 heterocycles. The molecular formula is C26H19F2N5O4S. The number of benzene rings is 2. The second-order valence-electron chi connectivity index (χ2n) is 8.82. The van der Waals surface area contributed by atoms with Crippen LogP contribution < -0.4 is 14.4 Å². The summed E-state index contributed by atoms with van der Waals surface area (Å²) in [6, 6.07) is 6.24. The van der Waals surface area contributed by atoms with Gasteiger partial charge in [-0.2, -0.15) is 0 Å². The van der Waals surface area contributed by atoms with Crippen LogP contribution in [0.1, 0.15) is 11.1 Å². The first-order valence-electron chi connectivity index (χ1n) is 11.5. The lowest BCUT2D eigenvalue weighted by Gasteiger charge is -2.22. The number of fused-ring (bicyclic) bond motifs is 4. The van der Waals surface area contributed by atoms with Gasteiger partial charge in [-0.15, -0.1) is 11.3 Å². The third kappa shape index (κ3) is 4.12. The van der Waals surface area contributed by atoms with Crippen LogP contribution in [0.2, 0.25) is 0 Å². The Balaban J connectivity index is 1.38. The van der Waals surface area contributed by atoms with Gasteiger partial charge in [0.25, 0.3) is 0 Å². The molecule has 0 radical (unpaired) electrons. The van der Waals surface area contributed by atoms with Crippen LogP contribution in [0.15, 0.2) is 42.9 Å². The van der Waals surface area contributed by atoms with Crippen LogP contribution in [0, 0.1) is 18.6 Å². The monoisotopic (exact) mass is 535 g/mol. The molecule has 38 heavy (non-hydrogen) atoms. The van der Waals surface area contributed by atoms with Crippen molar-refractivity contribution in [1.82, 2.24) is 19.9 Å². The molecule has 192 valence electrons. The van der Waals surface area contributed by atoms with Crippen LogP contribution >= 0.6 is 11.3 Å². The Morgan fingerprint density at radius 1 is 1.18 bits per heavy atom. The summed E-state index contributed by atoms with van der Waals surface area (Å²) in [7, 11) is 1.52. The van der Waals surface area contributed by atoms with Crippen LogP contribution in [-0.4, -0.2) is 50.9 Å². The summed E-state index contributed by atoms with van der Waals surface area (Å²) < 4.78 is 40.6. The van der Waals surface area contributed by atoms with Gasteiger partial charge in [-0.1, -0.05) is 0 Å². The zero-order valence-electron chi connectivity index (χ0n) is 20.1. The van der Waals surface area contributed by atoms with Gasteiger partial charge in [-0.05, 0) is 24.6 Å². The molecule has 0 aliphatic carbocycles. The second-order valence-corrected chi connectivity index (χ2v) is 9.82. The Hall–Kier alpha value is -4.45. The van der Waals surface area contributed by atoms with E-state index >= 15 is 4.39 Å². The van der Waals surface area contributed by atoms with Gasteiger partial charge in [0.1, 0.15) is 16.9 Å². The molecule has 1 unspecified atom stereocenters. The fraction of sp³-hybridized carbons (Fsp3) is 0.192. The average molecular weight is 536 g/mol. The van der Waals surface area contributed by atoms with Gasteiger partial charge in [0, 0.05) is 29.7 Å². The molecule has 1 aliphatic heterocycles. The highest BCUT2D eigenvalue weighted by molar-refractivity contribution is 7.22. The number of methoxy groups -OCH3 is 1. The predicted octanol–water partition coefficient (Wildman–Crippen LogP) is 5.38. The van der Waals surface area contributed by atoms with Crippen molar-refractivity contribution in [3.05, 3.63) is 65.6 Å². The maximum atomic E-state index is 15.1. The molecule has 1 amide bonds. The number of pyridine rings is 1. The SMILES string of the molecule is COc1cnc2c(-c3nc4cc(F)c5c(c4s3)CC(CN(C(=O)O)c3cncc(F)c3)O5)cc(C)cc2n1. The number of hydrogen-bond acceptors (Lipinski definition) is 8. The molecule has 1 aliphatic rings. The number of rotatable bonds is 5. The summed E-state index contributed by atoms with van der Waals surface area (Å²) >= 11 is 1.38. The Labute approximate surface area is 218 Å². The molecule has 5 aromatic rings. The number of amides is 1. The molecule has 0 fully saturated rings. The van der Waals surface area contributed by atoms with E-state index in [4.69, 9.17) is 14.5 Å². The first-order valence-corrected chi connectivity index (χ1v) is 12.3. The molecular weight excluding hydrogens is 516 g/mol. The summed E-state index contributed by atoms with van der Waals surface area (Å²) in [5.41, 5.74) is 4.15. The number of thiazole rings is 1. The fourth-order valence-electron chi connectivity index (χ4n) is 4.60. The van der Waals surface area contributed by atoms with Crippen LogP contribution in [0.5, 0.6) is 11.6 Å². The van der Waals surface area contributed by atoms with Crippen molar-refractivity contribution in [1.29, 1.82) is 0 Å². The lowest BCUT2D eigenvalue weighted by molar-refractivity contribution is 0.190. The molecule has 0 spiro atoms. The lowest BCUT2D eigenvalue weighted by Crippen LogP contribution is -2.38. The molecule has 0 saturated carbocycles. The summed E-state index contributed by atoms with van der Waals surface area (Å²) in [5.74, 6) is -0.786. The standard InChI is InChI=1S/C26H19F2N5O4S/c1-12-3-16(22-19(4-12)31-21(36-2)10-30-22)25-32-20-7-18(28)23-17(24(20)38-25)6-15(37-23)11-33(26(34)35)14-5-13(27)8-29-9-14/h3-5,7-10,15H,6,11H2,1-2H3,(H,34,35). The first kappa shape index (κ1) is 23.9. The highest BCUT2D eigenvalue weighted by Gasteiger charge is 2.33. The topological polar surface area (TPSA) is 111 Å². The fourth-order valence-corrected chi connectivity index (χ4v) is 5.71. The lowest BCUT2D eigenvalue weighted by atomic mass is 10.1. The Bertz CT molecular complexity index is 1740. The van der Waals surface area contributed by atoms with E-state index in [0.29, 0.717) is 33.0 Å². The highest BCUT2D eigenvalue weighted by atomic mass is 32.1. The van der Waals surface area contributed by atoms with E-state index in [1.165, 1.54) is 36.9 Å². The van der Waals surface area contributed by atoms with E-state index < -0.39 is 23.8 Å². The zero-order valence-corrected chi connectivity index (χ0v) is 20.9. The van der Waals surface area contributed by atoms with E-state index in [9.17, 15) is 14.3 Å².